The zero-order chi connectivity index (χ0) is 9.14. The summed E-state index contributed by atoms with van der Waals surface area (Å²) in [6.07, 6.45) is 0. The molecule has 5 heteroatoms. The molecule has 0 aliphatic heterocycles. The fourth-order valence-electron chi connectivity index (χ4n) is 0.623. The van der Waals surface area contributed by atoms with Gasteiger partial charge >= 0.3 is 0 Å². The summed E-state index contributed by atoms with van der Waals surface area (Å²) < 4.78 is 25.1. The fourth-order valence-corrected chi connectivity index (χ4v) is 0.623. The van der Waals surface area contributed by atoms with Crippen LogP contribution in [0.4, 0.5) is 8.78 Å². The maximum atomic E-state index is 12.5. The molecule has 3 nitrogen and oxygen atoms in total. The molecule has 1 rings (SSSR count). The lowest BCUT2D eigenvalue weighted by molar-refractivity contribution is 0.566. The topological polar surface area (TPSA) is 60.5 Å². The van der Waals surface area contributed by atoms with Gasteiger partial charge in [-0.2, -0.15) is 10.5 Å². The minimum absolute atomic E-state index is 0.462. The molecule has 0 unspecified atom stereocenters. The Bertz CT molecular complexity index is 365. The van der Waals surface area contributed by atoms with Crippen LogP contribution in [0, 0.1) is 34.3 Å². The van der Waals surface area contributed by atoms with Gasteiger partial charge in [0.2, 0.25) is 0 Å². The van der Waals surface area contributed by atoms with Crippen LogP contribution in [-0.2, 0) is 0 Å². The Kier molecular flexibility index (Phi) is 1.98. The molecule has 0 spiro atoms. The number of nitriles is 2. The SMILES string of the molecule is N#Cc1nc(C#N)c(F)cc1F. The Balaban J connectivity index is 3.42. The number of nitrogens with zero attached hydrogens (tertiary/aromatic N) is 3. The van der Waals surface area contributed by atoms with E-state index in [0.29, 0.717) is 6.07 Å². The van der Waals surface area contributed by atoms with Gasteiger partial charge in [0.25, 0.3) is 0 Å². The molecule has 1 heterocycles. The van der Waals surface area contributed by atoms with Crippen molar-refractivity contribution in [3.63, 3.8) is 0 Å². The van der Waals surface area contributed by atoms with Crippen molar-refractivity contribution < 1.29 is 8.78 Å². The van der Waals surface area contributed by atoms with Gasteiger partial charge in [0.1, 0.15) is 12.1 Å². The fraction of sp³-hybridized carbons (Fsp3) is 0. The Morgan fingerprint density at radius 3 is 1.83 bits per heavy atom. The first-order valence-corrected chi connectivity index (χ1v) is 2.85. The molecule has 1 aromatic heterocycles. The maximum Gasteiger partial charge on any atom is 0.177 e. The summed E-state index contributed by atoms with van der Waals surface area (Å²) >= 11 is 0. The van der Waals surface area contributed by atoms with Gasteiger partial charge in [-0.15, -0.1) is 0 Å². The van der Waals surface area contributed by atoms with Gasteiger partial charge in [0, 0.05) is 6.07 Å². The van der Waals surface area contributed by atoms with Crippen LogP contribution in [0.25, 0.3) is 0 Å². The van der Waals surface area contributed by atoms with Crippen molar-refractivity contribution in [1.29, 1.82) is 10.5 Å². The van der Waals surface area contributed by atoms with Gasteiger partial charge in [-0.25, -0.2) is 13.8 Å². The summed E-state index contributed by atoms with van der Waals surface area (Å²) in [6.45, 7) is 0. The first-order chi connectivity index (χ1) is 5.69. The van der Waals surface area contributed by atoms with E-state index in [9.17, 15) is 8.78 Å². The van der Waals surface area contributed by atoms with Crippen LogP contribution in [0.2, 0.25) is 0 Å². The van der Waals surface area contributed by atoms with Crippen LogP contribution in [0.3, 0.4) is 0 Å². The van der Waals surface area contributed by atoms with Crippen LogP contribution >= 0.6 is 0 Å². The van der Waals surface area contributed by atoms with Gasteiger partial charge in [0.15, 0.2) is 23.0 Å². The minimum atomic E-state index is -1.06. The molecule has 0 fully saturated rings. The van der Waals surface area contributed by atoms with E-state index in [4.69, 9.17) is 10.5 Å². The summed E-state index contributed by atoms with van der Waals surface area (Å²) in [5.74, 6) is -2.12. The average molecular weight is 165 g/mol. The number of aromatic nitrogens is 1. The van der Waals surface area contributed by atoms with Crippen molar-refractivity contribution in [3.05, 3.63) is 29.1 Å². The van der Waals surface area contributed by atoms with E-state index in [1.165, 1.54) is 12.1 Å². The third kappa shape index (κ3) is 1.21. The van der Waals surface area contributed by atoms with Gasteiger partial charge < -0.3 is 0 Å². The molecule has 0 aromatic carbocycles. The molecule has 0 aliphatic rings. The highest BCUT2D eigenvalue weighted by Gasteiger charge is 2.10. The Hall–Kier alpha value is -2.01. The lowest BCUT2D eigenvalue weighted by atomic mass is 10.3. The monoisotopic (exact) mass is 165 g/mol. The molecule has 12 heavy (non-hydrogen) atoms. The van der Waals surface area contributed by atoms with E-state index in [2.05, 4.69) is 4.98 Å². The van der Waals surface area contributed by atoms with Crippen molar-refractivity contribution in [1.82, 2.24) is 4.98 Å². The number of hydrogen-bond acceptors (Lipinski definition) is 3. The number of pyridine rings is 1. The van der Waals surface area contributed by atoms with Gasteiger partial charge in [-0.3, -0.25) is 0 Å². The number of halogens is 2. The van der Waals surface area contributed by atoms with Crippen LogP contribution in [0.15, 0.2) is 6.07 Å². The van der Waals surface area contributed by atoms with E-state index >= 15 is 0 Å². The Morgan fingerprint density at radius 2 is 1.50 bits per heavy atom. The molecule has 0 saturated heterocycles. The highest BCUT2D eigenvalue weighted by atomic mass is 19.1. The summed E-state index contributed by atoms with van der Waals surface area (Å²) in [5, 5.41) is 16.5. The summed E-state index contributed by atoms with van der Waals surface area (Å²) in [5.41, 5.74) is -1.15. The second kappa shape index (κ2) is 2.93. The van der Waals surface area contributed by atoms with E-state index < -0.39 is 23.0 Å². The molecule has 1 aromatic rings. The first-order valence-electron chi connectivity index (χ1n) is 2.85. The Labute approximate surface area is 66.5 Å². The predicted octanol–water partition coefficient (Wildman–Crippen LogP) is 1.10. The van der Waals surface area contributed by atoms with Crippen LogP contribution in [0.1, 0.15) is 11.4 Å². The molecule has 0 amide bonds. The third-order valence-corrected chi connectivity index (χ3v) is 1.14. The lowest BCUT2D eigenvalue weighted by Crippen LogP contribution is -1.96. The number of rotatable bonds is 0. The summed E-state index contributed by atoms with van der Waals surface area (Å²) in [7, 11) is 0. The molecule has 0 atom stereocenters. The molecular formula is C7HF2N3. The lowest BCUT2D eigenvalue weighted by Gasteiger charge is -1.93. The van der Waals surface area contributed by atoms with Crippen molar-refractivity contribution in [2.24, 2.45) is 0 Å². The molecule has 58 valence electrons. The first kappa shape index (κ1) is 8.09. The molecule has 0 radical (unpaired) electrons. The smallest absolute Gasteiger partial charge is 0.177 e. The second-order valence-corrected chi connectivity index (χ2v) is 1.87. The van der Waals surface area contributed by atoms with Crippen molar-refractivity contribution in [2.75, 3.05) is 0 Å². The van der Waals surface area contributed by atoms with E-state index in [-0.39, 0.29) is 0 Å². The van der Waals surface area contributed by atoms with Gasteiger partial charge in [-0.05, 0) is 0 Å². The number of hydrogen-bond donors (Lipinski definition) is 0. The van der Waals surface area contributed by atoms with Crippen molar-refractivity contribution in [2.45, 2.75) is 0 Å². The van der Waals surface area contributed by atoms with Gasteiger partial charge in [-0.1, -0.05) is 0 Å². The zero-order valence-electron chi connectivity index (χ0n) is 5.67. The zero-order valence-corrected chi connectivity index (χ0v) is 5.67. The molecule has 0 bridgehead atoms. The highest BCUT2D eigenvalue weighted by Crippen LogP contribution is 2.08. The molecule has 0 aliphatic carbocycles. The third-order valence-electron chi connectivity index (χ3n) is 1.14. The van der Waals surface area contributed by atoms with E-state index in [0.717, 1.165) is 0 Å². The summed E-state index contributed by atoms with van der Waals surface area (Å²) in [4.78, 5) is 3.14. The Morgan fingerprint density at radius 1 is 1.08 bits per heavy atom. The van der Waals surface area contributed by atoms with Crippen LogP contribution < -0.4 is 0 Å². The van der Waals surface area contributed by atoms with Gasteiger partial charge in [0.05, 0.1) is 0 Å². The largest absolute Gasteiger partial charge is 0.220 e. The predicted molar refractivity (Wildman–Crippen MR) is 33.6 cm³/mol. The van der Waals surface area contributed by atoms with Crippen molar-refractivity contribution in [3.8, 4) is 12.1 Å². The van der Waals surface area contributed by atoms with Crippen LogP contribution in [-0.4, -0.2) is 4.98 Å². The molecular weight excluding hydrogens is 164 g/mol. The molecule has 0 N–H and O–H groups in total. The minimum Gasteiger partial charge on any atom is -0.220 e. The summed E-state index contributed by atoms with van der Waals surface area (Å²) in [6, 6.07) is 3.25. The van der Waals surface area contributed by atoms with Crippen molar-refractivity contribution >= 4 is 0 Å². The van der Waals surface area contributed by atoms with E-state index in [1.54, 1.807) is 0 Å². The quantitative estimate of drug-likeness (QED) is 0.578. The maximum absolute atomic E-state index is 12.5. The molecule has 0 saturated carbocycles. The normalized spacial score (nSPS) is 8.67. The van der Waals surface area contributed by atoms with Crippen LogP contribution in [0.5, 0.6) is 0 Å². The van der Waals surface area contributed by atoms with E-state index in [1.807, 2.05) is 0 Å². The second-order valence-electron chi connectivity index (χ2n) is 1.87. The highest BCUT2D eigenvalue weighted by molar-refractivity contribution is 5.30. The average Bonchev–Trinajstić information content (AvgIpc) is 2.05. The standard InChI is InChI=1S/C7HF2N3/c8-4-1-5(9)7(3-11)12-6(4)2-10/h1H.